The Balaban J connectivity index is 2.11. The number of hydrogen-bond acceptors (Lipinski definition) is 3. The molecule has 0 aliphatic carbocycles. The number of H-pyrrole nitrogens is 1. The van der Waals surface area contributed by atoms with Gasteiger partial charge in [-0.1, -0.05) is 11.6 Å². The molecule has 80 valence electrons. The second-order valence-electron chi connectivity index (χ2n) is 3.22. The van der Waals surface area contributed by atoms with E-state index < -0.39 is 0 Å². The highest BCUT2D eigenvalue weighted by Gasteiger charge is 2.13. The maximum Gasteiger partial charge on any atom is 0.107 e. The summed E-state index contributed by atoms with van der Waals surface area (Å²) in [5.41, 5.74) is 0. The van der Waals surface area contributed by atoms with Crippen molar-refractivity contribution in [3.63, 3.8) is 0 Å². The molecular weight excluding hydrogens is 230 g/mol. The lowest BCUT2D eigenvalue weighted by atomic mass is 10.1. The Labute approximate surface area is 97.5 Å². The SMILES string of the molecule is CNC(Cc1ncc[nH]1)c1ccc(Cl)s1. The van der Waals surface area contributed by atoms with E-state index in [0.717, 1.165) is 16.6 Å². The van der Waals surface area contributed by atoms with Gasteiger partial charge >= 0.3 is 0 Å². The molecule has 0 amide bonds. The van der Waals surface area contributed by atoms with Crippen LogP contribution in [0.15, 0.2) is 24.5 Å². The number of aromatic amines is 1. The third-order valence-electron chi connectivity index (χ3n) is 2.24. The maximum absolute atomic E-state index is 5.91. The van der Waals surface area contributed by atoms with E-state index >= 15 is 0 Å². The number of halogens is 1. The second-order valence-corrected chi connectivity index (χ2v) is 4.97. The van der Waals surface area contributed by atoms with E-state index in [0.29, 0.717) is 0 Å². The Morgan fingerprint density at radius 2 is 2.47 bits per heavy atom. The van der Waals surface area contributed by atoms with Gasteiger partial charge in [-0.3, -0.25) is 0 Å². The van der Waals surface area contributed by atoms with Crippen molar-refractivity contribution in [2.75, 3.05) is 7.05 Å². The van der Waals surface area contributed by atoms with Crippen LogP contribution in [0.4, 0.5) is 0 Å². The number of nitrogens with one attached hydrogen (secondary N) is 2. The highest BCUT2D eigenvalue weighted by molar-refractivity contribution is 7.16. The Morgan fingerprint density at radius 1 is 1.60 bits per heavy atom. The third-order valence-corrected chi connectivity index (χ3v) is 3.58. The molecule has 15 heavy (non-hydrogen) atoms. The van der Waals surface area contributed by atoms with Crippen LogP contribution in [0.25, 0.3) is 0 Å². The summed E-state index contributed by atoms with van der Waals surface area (Å²) in [6.45, 7) is 0. The van der Waals surface area contributed by atoms with E-state index in [9.17, 15) is 0 Å². The van der Waals surface area contributed by atoms with Crippen LogP contribution < -0.4 is 5.32 Å². The molecule has 3 nitrogen and oxygen atoms in total. The van der Waals surface area contributed by atoms with Crippen LogP contribution in [0.3, 0.4) is 0 Å². The van der Waals surface area contributed by atoms with Crippen LogP contribution in [0.5, 0.6) is 0 Å². The molecule has 2 N–H and O–H groups in total. The minimum absolute atomic E-state index is 0.272. The van der Waals surface area contributed by atoms with Crippen LogP contribution in [0.1, 0.15) is 16.7 Å². The lowest BCUT2D eigenvalue weighted by molar-refractivity contribution is 0.587. The average molecular weight is 242 g/mol. The molecule has 0 bridgehead atoms. The molecule has 0 spiro atoms. The van der Waals surface area contributed by atoms with Gasteiger partial charge in [0, 0.05) is 29.7 Å². The summed E-state index contributed by atoms with van der Waals surface area (Å²) in [5.74, 6) is 0.985. The van der Waals surface area contributed by atoms with E-state index in [1.165, 1.54) is 4.88 Å². The van der Waals surface area contributed by atoms with E-state index in [-0.39, 0.29) is 6.04 Å². The first-order valence-corrected chi connectivity index (χ1v) is 5.90. The standard InChI is InChI=1S/C10H12ClN3S/c1-12-7(6-10-13-4-5-14-10)8-2-3-9(11)15-8/h2-5,7,12H,6H2,1H3,(H,13,14). The topological polar surface area (TPSA) is 40.7 Å². The summed E-state index contributed by atoms with van der Waals surface area (Å²) in [5, 5.41) is 3.26. The predicted octanol–water partition coefficient (Wildman–Crippen LogP) is 2.63. The van der Waals surface area contributed by atoms with Crippen LogP contribution >= 0.6 is 22.9 Å². The van der Waals surface area contributed by atoms with Crippen LogP contribution in [-0.4, -0.2) is 17.0 Å². The van der Waals surface area contributed by atoms with Crippen molar-refractivity contribution < 1.29 is 0 Å². The molecule has 0 aromatic carbocycles. The molecule has 0 saturated heterocycles. The zero-order chi connectivity index (χ0) is 10.7. The van der Waals surface area contributed by atoms with E-state index in [1.54, 1.807) is 17.5 Å². The fraction of sp³-hybridized carbons (Fsp3) is 0.300. The summed E-state index contributed by atoms with van der Waals surface area (Å²) in [4.78, 5) is 8.55. The van der Waals surface area contributed by atoms with Gasteiger partial charge in [0.2, 0.25) is 0 Å². The van der Waals surface area contributed by atoms with E-state index in [1.807, 2.05) is 19.3 Å². The molecule has 0 fully saturated rings. The Bertz CT molecular complexity index is 410. The number of rotatable bonds is 4. The Kier molecular flexibility index (Phi) is 3.41. The van der Waals surface area contributed by atoms with Crippen molar-refractivity contribution in [2.24, 2.45) is 0 Å². The van der Waals surface area contributed by atoms with Gasteiger partial charge in [-0.05, 0) is 19.2 Å². The van der Waals surface area contributed by atoms with Gasteiger partial charge in [0.1, 0.15) is 5.82 Å². The molecule has 0 aliphatic rings. The van der Waals surface area contributed by atoms with Gasteiger partial charge in [-0.2, -0.15) is 0 Å². The second kappa shape index (κ2) is 4.79. The first-order chi connectivity index (χ1) is 7.29. The summed E-state index contributed by atoms with van der Waals surface area (Å²) < 4.78 is 0.824. The normalized spacial score (nSPS) is 12.9. The van der Waals surface area contributed by atoms with Crippen LogP contribution in [0.2, 0.25) is 4.34 Å². The number of likely N-dealkylation sites (N-methyl/N-ethyl adjacent to an activating group) is 1. The minimum atomic E-state index is 0.272. The lowest BCUT2D eigenvalue weighted by Gasteiger charge is -2.12. The quantitative estimate of drug-likeness (QED) is 0.864. The van der Waals surface area contributed by atoms with Gasteiger partial charge in [0.25, 0.3) is 0 Å². The van der Waals surface area contributed by atoms with Crippen molar-refractivity contribution >= 4 is 22.9 Å². The smallest absolute Gasteiger partial charge is 0.107 e. The maximum atomic E-state index is 5.91. The Morgan fingerprint density at radius 3 is 3.00 bits per heavy atom. The third kappa shape index (κ3) is 2.59. The van der Waals surface area contributed by atoms with Crippen LogP contribution in [0, 0.1) is 0 Å². The van der Waals surface area contributed by atoms with Crippen molar-refractivity contribution in [2.45, 2.75) is 12.5 Å². The number of hydrogen-bond donors (Lipinski definition) is 2. The molecule has 2 rings (SSSR count). The minimum Gasteiger partial charge on any atom is -0.349 e. The molecular formula is C10H12ClN3S. The number of aromatic nitrogens is 2. The van der Waals surface area contributed by atoms with Gasteiger partial charge in [0.05, 0.1) is 4.34 Å². The largest absolute Gasteiger partial charge is 0.349 e. The molecule has 1 atom stereocenters. The predicted molar refractivity (Wildman–Crippen MR) is 63.4 cm³/mol. The molecule has 0 aliphatic heterocycles. The molecule has 5 heteroatoms. The first-order valence-electron chi connectivity index (χ1n) is 4.70. The highest BCUT2D eigenvalue weighted by atomic mass is 35.5. The fourth-order valence-corrected chi connectivity index (χ4v) is 2.63. The molecule has 1 unspecified atom stereocenters. The molecule has 0 saturated carbocycles. The molecule has 0 radical (unpaired) electrons. The zero-order valence-electron chi connectivity index (χ0n) is 8.33. The van der Waals surface area contributed by atoms with Crippen LogP contribution in [-0.2, 0) is 6.42 Å². The first kappa shape index (κ1) is 10.7. The molecule has 2 aromatic heterocycles. The van der Waals surface area contributed by atoms with Crippen molar-refractivity contribution in [1.29, 1.82) is 0 Å². The number of thiophene rings is 1. The lowest BCUT2D eigenvalue weighted by Crippen LogP contribution is -2.18. The van der Waals surface area contributed by atoms with Gasteiger partial charge < -0.3 is 10.3 Å². The summed E-state index contributed by atoms with van der Waals surface area (Å²) in [7, 11) is 1.95. The van der Waals surface area contributed by atoms with Crippen molar-refractivity contribution in [3.05, 3.63) is 39.6 Å². The van der Waals surface area contributed by atoms with Crippen molar-refractivity contribution in [3.8, 4) is 0 Å². The average Bonchev–Trinajstić information content (AvgIpc) is 2.85. The van der Waals surface area contributed by atoms with Gasteiger partial charge in [-0.25, -0.2) is 4.98 Å². The van der Waals surface area contributed by atoms with Gasteiger partial charge in [-0.15, -0.1) is 11.3 Å². The summed E-state index contributed by atoms with van der Waals surface area (Å²) in [6.07, 6.45) is 4.45. The van der Waals surface area contributed by atoms with E-state index in [4.69, 9.17) is 11.6 Å². The zero-order valence-corrected chi connectivity index (χ0v) is 9.90. The summed E-state index contributed by atoms with van der Waals surface area (Å²) in [6, 6.07) is 4.25. The summed E-state index contributed by atoms with van der Waals surface area (Å²) >= 11 is 7.51. The Hall–Kier alpha value is -0.840. The highest BCUT2D eigenvalue weighted by Crippen LogP contribution is 2.28. The number of imidazole rings is 1. The van der Waals surface area contributed by atoms with Crippen molar-refractivity contribution in [1.82, 2.24) is 15.3 Å². The molecule has 2 aromatic rings. The molecule has 2 heterocycles. The van der Waals surface area contributed by atoms with E-state index in [2.05, 4.69) is 21.4 Å². The monoisotopic (exact) mass is 241 g/mol. The number of nitrogens with zero attached hydrogens (tertiary/aromatic N) is 1. The van der Waals surface area contributed by atoms with Gasteiger partial charge in [0.15, 0.2) is 0 Å². The fourth-order valence-electron chi connectivity index (χ4n) is 1.46.